The van der Waals surface area contributed by atoms with Crippen molar-refractivity contribution in [2.75, 3.05) is 6.61 Å². The molecule has 0 aliphatic carbocycles. The first kappa shape index (κ1) is 38.5. The van der Waals surface area contributed by atoms with E-state index in [0.29, 0.717) is 5.75 Å². The molecular formula is C39H39F3O6S2. The fourth-order valence-corrected chi connectivity index (χ4v) is 7.27. The molecular weight excluding hydrogens is 686 g/mol. The van der Waals surface area contributed by atoms with Gasteiger partial charge in [-0.25, -0.2) is 13.2 Å². The lowest BCUT2D eigenvalue weighted by Crippen LogP contribution is -2.27. The summed E-state index contributed by atoms with van der Waals surface area (Å²) in [7, 11) is -6.48. The molecule has 1 unspecified atom stereocenters. The van der Waals surface area contributed by atoms with Crippen LogP contribution in [0.5, 0.6) is 5.75 Å². The van der Waals surface area contributed by atoms with Gasteiger partial charge < -0.3 is 14.0 Å². The Hall–Kier alpha value is -4.32. The molecule has 0 spiro atoms. The Morgan fingerprint density at radius 1 is 0.720 bits per heavy atom. The van der Waals surface area contributed by atoms with Crippen molar-refractivity contribution in [2.45, 2.75) is 72.8 Å². The maximum absolute atomic E-state index is 12.6. The molecule has 0 radical (unpaired) electrons. The molecule has 0 aromatic heterocycles. The molecule has 0 aliphatic heterocycles. The number of fused-ring (bicyclic) bond motifs is 1. The largest absolute Gasteiger partial charge is 0.741 e. The average Bonchev–Trinajstić information content (AvgIpc) is 3.03. The van der Waals surface area contributed by atoms with Crippen LogP contribution in [0.4, 0.5) is 13.2 Å². The van der Waals surface area contributed by atoms with E-state index in [1.807, 2.05) is 45.0 Å². The van der Waals surface area contributed by atoms with Gasteiger partial charge in [-0.1, -0.05) is 93.6 Å². The van der Waals surface area contributed by atoms with Gasteiger partial charge in [0, 0.05) is 11.1 Å². The van der Waals surface area contributed by atoms with Crippen molar-refractivity contribution in [1.29, 1.82) is 0 Å². The Kier molecular flexibility index (Phi) is 11.8. The van der Waals surface area contributed by atoms with E-state index in [9.17, 15) is 18.0 Å². The molecule has 1 atom stereocenters. The summed E-state index contributed by atoms with van der Waals surface area (Å²) in [5.74, 6) is 0.268. The van der Waals surface area contributed by atoms with Crippen LogP contribution < -0.4 is 4.74 Å². The number of halogens is 3. The van der Waals surface area contributed by atoms with E-state index in [1.54, 1.807) is 0 Å². The van der Waals surface area contributed by atoms with Crippen molar-refractivity contribution < 1.29 is 40.4 Å². The van der Waals surface area contributed by atoms with Crippen molar-refractivity contribution in [3.8, 4) is 16.9 Å². The molecule has 50 heavy (non-hydrogen) atoms. The quantitative estimate of drug-likeness (QED) is 0.0719. The minimum Gasteiger partial charge on any atom is -0.741 e. The van der Waals surface area contributed by atoms with E-state index in [4.69, 9.17) is 22.4 Å². The number of hydrogen-bond acceptors (Lipinski definition) is 6. The smallest absolute Gasteiger partial charge is 0.485 e. The second-order valence-corrected chi connectivity index (χ2v) is 16.7. The first-order valence-corrected chi connectivity index (χ1v) is 18.3. The zero-order valence-electron chi connectivity index (χ0n) is 28.6. The fraction of sp³-hybridized carbons (Fsp3) is 0.256. The molecule has 5 rings (SSSR count). The maximum atomic E-state index is 12.6. The predicted octanol–water partition coefficient (Wildman–Crippen LogP) is 9.67. The van der Waals surface area contributed by atoms with Gasteiger partial charge in [-0.3, -0.25) is 0 Å². The standard InChI is InChI=1S/C38H39O3S.CHF3O3S/c1-37(2,3)28-21-23-30(24-22-28)42(29-15-8-7-9-16-29)34-19-13-12-18-32(34)36-31-17-11-10-14-27(31)20-25-33(36)40-26-35(39)41-38(4,5)6;2-1(3,4)8(5,6)7/h7-25H,26H2,1-6H3;(H,5,6,7)/q+1;/p-1. The normalized spacial score (nSPS) is 12.8. The fourth-order valence-electron chi connectivity index (χ4n) is 5.05. The second kappa shape index (κ2) is 15.3. The van der Waals surface area contributed by atoms with Crippen LogP contribution in [0.2, 0.25) is 0 Å². The molecule has 6 nitrogen and oxygen atoms in total. The van der Waals surface area contributed by atoms with Gasteiger partial charge in [0.2, 0.25) is 0 Å². The van der Waals surface area contributed by atoms with E-state index in [0.717, 1.165) is 21.9 Å². The van der Waals surface area contributed by atoms with Gasteiger partial charge in [-0.15, -0.1) is 0 Å². The van der Waals surface area contributed by atoms with Crippen LogP contribution in [0.25, 0.3) is 21.9 Å². The third kappa shape index (κ3) is 9.89. The third-order valence-electron chi connectivity index (χ3n) is 7.25. The number of hydrogen-bond donors (Lipinski definition) is 0. The van der Waals surface area contributed by atoms with Crippen molar-refractivity contribution in [3.05, 3.63) is 121 Å². The molecule has 5 aromatic rings. The minimum atomic E-state index is -6.09. The van der Waals surface area contributed by atoms with Crippen molar-refractivity contribution in [1.82, 2.24) is 0 Å². The first-order valence-electron chi connectivity index (χ1n) is 15.6. The van der Waals surface area contributed by atoms with Crippen molar-refractivity contribution in [2.24, 2.45) is 0 Å². The summed E-state index contributed by atoms with van der Waals surface area (Å²) in [6, 6.07) is 40.7. The SMILES string of the molecule is CC(C)(C)OC(=O)COc1ccc2ccccc2c1-c1ccccc1[S+](c1ccccc1)c1ccc(C(C)(C)C)cc1.O=S(=O)([O-])C(F)(F)F. The molecule has 0 N–H and O–H groups in total. The Balaban J connectivity index is 0.000000627. The lowest BCUT2D eigenvalue weighted by atomic mass is 9.87. The molecule has 0 bridgehead atoms. The highest BCUT2D eigenvalue weighted by Gasteiger charge is 2.37. The van der Waals surface area contributed by atoms with Crippen molar-refractivity contribution >= 4 is 37.8 Å². The van der Waals surface area contributed by atoms with Crippen molar-refractivity contribution in [3.63, 3.8) is 0 Å². The zero-order chi connectivity index (χ0) is 36.9. The molecule has 0 fully saturated rings. The van der Waals surface area contributed by atoms with Gasteiger partial charge in [0.15, 0.2) is 31.4 Å². The second-order valence-electron chi connectivity index (χ2n) is 13.3. The lowest BCUT2D eigenvalue weighted by Gasteiger charge is -2.21. The van der Waals surface area contributed by atoms with Gasteiger partial charge in [0.25, 0.3) is 0 Å². The van der Waals surface area contributed by atoms with Gasteiger partial charge in [-0.05, 0) is 85.0 Å². The molecule has 0 aliphatic rings. The molecule has 0 amide bonds. The number of carbonyl (C=O) groups excluding carboxylic acids is 1. The average molecular weight is 725 g/mol. The summed E-state index contributed by atoms with van der Waals surface area (Å²) in [6.45, 7) is 12.2. The van der Waals surface area contributed by atoms with Crippen LogP contribution in [0, 0.1) is 0 Å². The summed E-state index contributed by atoms with van der Waals surface area (Å²) in [4.78, 5) is 16.3. The molecule has 0 heterocycles. The number of rotatable bonds is 7. The van der Waals surface area contributed by atoms with Gasteiger partial charge in [0.1, 0.15) is 11.4 Å². The zero-order valence-corrected chi connectivity index (χ0v) is 30.2. The van der Waals surface area contributed by atoms with E-state index < -0.39 is 27.2 Å². The van der Waals surface area contributed by atoms with E-state index in [-0.39, 0.29) is 22.9 Å². The summed E-state index contributed by atoms with van der Waals surface area (Å²) in [5, 5.41) is 2.19. The highest BCUT2D eigenvalue weighted by molar-refractivity contribution is 7.97. The summed E-state index contributed by atoms with van der Waals surface area (Å²) < 4.78 is 70.7. The van der Waals surface area contributed by atoms with Crippen LogP contribution in [-0.4, -0.2) is 36.7 Å². The van der Waals surface area contributed by atoms with Gasteiger partial charge in [-0.2, -0.15) is 13.2 Å². The van der Waals surface area contributed by atoms with E-state index >= 15 is 0 Å². The van der Waals surface area contributed by atoms with Crippen LogP contribution in [0.15, 0.2) is 130 Å². The topological polar surface area (TPSA) is 92.7 Å². The molecule has 11 heteroatoms. The number of alkyl halides is 3. The summed E-state index contributed by atoms with van der Waals surface area (Å²) in [6.07, 6.45) is 0. The monoisotopic (exact) mass is 724 g/mol. The Labute approximate surface area is 294 Å². The Bertz CT molecular complexity index is 2030. The third-order valence-corrected chi connectivity index (χ3v) is 10.1. The predicted molar refractivity (Wildman–Crippen MR) is 190 cm³/mol. The lowest BCUT2D eigenvalue weighted by molar-refractivity contribution is -0.157. The number of benzene rings is 5. The number of esters is 1. The molecule has 0 saturated heterocycles. The summed E-state index contributed by atoms with van der Waals surface area (Å²) >= 11 is 0. The minimum absolute atomic E-state index is 0.0745. The van der Waals surface area contributed by atoms with Gasteiger partial charge in [0.05, 0.1) is 10.9 Å². The summed E-state index contributed by atoms with van der Waals surface area (Å²) in [5.41, 5.74) is -2.78. The number of ether oxygens (including phenoxy) is 2. The number of carbonyl (C=O) groups is 1. The first-order chi connectivity index (χ1) is 23.3. The molecule has 0 saturated carbocycles. The molecule has 5 aromatic carbocycles. The maximum Gasteiger partial charge on any atom is 0.485 e. The van der Waals surface area contributed by atoms with Crippen LogP contribution >= 0.6 is 0 Å². The highest BCUT2D eigenvalue weighted by Crippen LogP contribution is 2.44. The van der Waals surface area contributed by atoms with Crippen LogP contribution in [0.1, 0.15) is 47.1 Å². The van der Waals surface area contributed by atoms with Crippen LogP contribution in [0.3, 0.4) is 0 Å². The van der Waals surface area contributed by atoms with E-state index in [1.165, 1.54) is 20.2 Å². The molecule has 264 valence electrons. The highest BCUT2D eigenvalue weighted by atomic mass is 32.2. The Morgan fingerprint density at radius 3 is 1.84 bits per heavy atom. The Morgan fingerprint density at radius 2 is 1.26 bits per heavy atom. The van der Waals surface area contributed by atoms with E-state index in [2.05, 4.69) is 112 Å². The van der Waals surface area contributed by atoms with Gasteiger partial charge >= 0.3 is 11.5 Å². The van der Waals surface area contributed by atoms with Crippen LogP contribution in [-0.2, 0) is 36.0 Å².